The molecule has 0 amide bonds. The van der Waals surface area contributed by atoms with E-state index in [4.69, 9.17) is 0 Å². The molecular weight excluding hydrogens is 371 g/mol. The molecule has 1 aliphatic carbocycles. The molecule has 2 aromatic rings. The predicted octanol–water partition coefficient (Wildman–Crippen LogP) is 2.01. The van der Waals surface area contributed by atoms with Gasteiger partial charge in [0.15, 0.2) is 9.53 Å². The molecule has 1 N–H and O–H groups in total. The summed E-state index contributed by atoms with van der Waals surface area (Å²) >= 11 is 2.06. The van der Waals surface area contributed by atoms with Crippen LogP contribution in [0.25, 0.3) is 11.4 Å². The number of nitrogens with zero attached hydrogens (tertiary/aromatic N) is 4. The molecule has 6 nitrogen and oxygen atoms in total. The zero-order valence-corrected chi connectivity index (χ0v) is 13.5. The number of aryl methyl sites for hydroxylation is 1. The minimum absolute atomic E-state index is 0.117. The van der Waals surface area contributed by atoms with Crippen molar-refractivity contribution in [3.63, 3.8) is 0 Å². The number of aromatic nitrogens is 4. The molecule has 0 aromatic carbocycles. The molecule has 1 aliphatic rings. The standard InChI is InChI=1S/C13H13IN4O2/c1-13(2)4-6-5-15-12(14)16-8(6)10-7(13)9(11(19)20)17-18(10)3/h5H,4H2,1-3H3,(H,19,20). The lowest BCUT2D eigenvalue weighted by atomic mass is 9.73. The Hall–Kier alpha value is -1.51. The zero-order chi connectivity index (χ0) is 14.7. The molecule has 0 spiro atoms. The molecule has 0 aliphatic heterocycles. The maximum absolute atomic E-state index is 11.4. The van der Waals surface area contributed by atoms with Gasteiger partial charge in [0.05, 0.1) is 11.4 Å². The van der Waals surface area contributed by atoms with Gasteiger partial charge in [-0.15, -0.1) is 0 Å². The van der Waals surface area contributed by atoms with Crippen molar-refractivity contribution >= 4 is 28.6 Å². The van der Waals surface area contributed by atoms with E-state index in [2.05, 4.69) is 37.7 Å². The molecule has 0 bridgehead atoms. The fourth-order valence-corrected chi connectivity index (χ4v) is 3.25. The SMILES string of the molecule is Cn1nc(C(=O)O)c2c1-c1nc(I)ncc1CC2(C)C. The van der Waals surface area contributed by atoms with Crippen LogP contribution in [0.15, 0.2) is 6.20 Å². The van der Waals surface area contributed by atoms with Crippen molar-refractivity contribution < 1.29 is 9.90 Å². The van der Waals surface area contributed by atoms with E-state index in [0.29, 0.717) is 10.3 Å². The summed E-state index contributed by atoms with van der Waals surface area (Å²) in [6, 6.07) is 0. The normalized spacial score (nSPS) is 15.6. The summed E-state index contributed by atoms with van der Waals surface area (Å²) < 4.78 is 2.26. The van der Waals surface area contributed by atoms with E-state index < -0.39 is 5.97 Å². The van der Waals surface area contributed by atoms with Crippen molar-refractivity contribution in [2.45, 2.75) is 25.7 Å². The predicted molar refractivity (Wildman–Crippen MR) is 80.6 cm³/mol. The first-order valence-electron chi connectivity index (χ1n) is 6.14. The lowest BCUT2D eigenvalue weighted by Crippen LogP contribution is -2.28. The molecule has 0 saturated carbocycles. The van der Waals surface area contributed by atoms with Gasteiger partial charge >= 0.3 is 5.97 Å². The largest absolute Gasteiger partial charge is 0.476 e. The van der Waals surface area contributed by atoms with Crippen molar-refractivity contribution in [2.24, 2.45) is 7.05 Å². The van der Waals surface area contributed by atoms with E-state index >= 15 is 0 Å². The average Bonchev–Trinajstić information content (AvgIpc) is 2.70. The second-order valence-corrected chi connectivity index (χ2v) is 6.54. The first-order valence-corrected chi connectivity index (χ1v) is 7.21. The van der Waals surface area contributed by atoms with Crippen molar-refractivity contribution in [2.75, 3.05) is 0 Å². The molecule has 0 fully saturated rings. The maximum Gasteiger partial charge on any atom is 0.356 e. The van der Waals surface area contributed by atoms with Gasteiger partial charge in [0.1, 0.15) is 0 Å². The monoisotopic (exact) mass is 384 g/mol. The number of aromatic carboxylic acids is 1. The minimum Gasteiger partial charge on any atom is -0.476 e. The number of halogens is 1. The van der Waals surface area contributed by atoms with Gasteiger partial charge in [-0.1, -0.05) is 13.8 Å². The van der Waals surface area contributed by atoms with Crippen LogP contribution >= 0.6 is 22.6 Å². The van der Waals surface area contributed by atoms with Gasteiger partial charge in [-0.25, -0.2) is 14.8 Å². The highest BCUT2D eigenvalue weighted by atomic mass is 127. The van der Waals surface area contributed by atoms with Gasteiger partial charge in [-0.05, 0) is 17.4 Å². The summed E-state index contributed by atoms with van der Waals surface area (Å²) in [6.07, 6.45) is 2.53. The van der Waals surface area contributed by atoms with Gasteiger partial charge in [0.2, 0.25) is 0 Å². The van der Waals surface area contributed by atoms with Crippen LogP contribution in [0.5, 0.6) is 0 Å². The van der Waals surface area contributed by atoms with E-state index in [9.17, 15) is 9.90 Å². The van der Waals surface area contributed by atoms with Crippen molar-refractivity contribution in [3.05, 3.63) is 26.8 Å². The highest BCUT2D eigenvalue weighted by Gasteiger charge is 2.39. The molecule has 0 radical (unpaired) electrons. The highest BCUT2D eigenvalue weighted by Crippen LogP contribution is 2.43. The molecule has 2 aromatic heterocycles. The Morgan fingerprint density at radius 3 is 2.85 bits per heavy atom. The Morgan fingerprint density at radius 2 is 2.20 bits per heavy atom. The fourth-order valence-electron chi connectivity index (χ4n) is 2.87. The number of hydrogen-bond acceptors (Lipinski definition) is 4. The van der Waals surface area contributed by atoms with E-state index in [1.165, 1.54) is 0 Å². The molecule has 7 heteroatoms. The highest BCUT2D eigenvalue weighted by molar-refractivity contribution is 14.1. The molecule has 0 atom stereocenters. The summed E-state index contributed by atoms with van der Waals surface area (Å²) in [5.41, 5.74) is 3.18. The maximum atomic E-state index is 11.4. The summed E-state index contributed by atoms with van der Waals surface area (Å²) in [7, 11) is 1.76. The number of hydrogen-bond donors (Lipinski definition) is 1. The van der Waals surface area contributed by atoms with Gasteiger partial charge < -0.3 is 5.11 Å². The molecule has 104 valence electrons. The lowest BCUT2D eigenvalue weighted by Gasteiger charge is -2.31. The number of carbonyl (C=O) groups is 1. The van der Waals surface area contributed by atoms with Crippen LogP contribution in [0.1, 0.15) is 35.5 Å². The Morgan fingerprint density at radius 1 is 1.50 bits per heavy atom. The van der Waals surface area contributed by atoms with Crippen molar-refractivity contribution in [1.82, 2.24) is 19.7 Å². The van der Waals surface area contributed by atoms with Crippen LogP contribution in [0, 0.1) is 3.83 Å². The molecule has 0 unspecified atom stereocenters. The Labute approximate surface area is 129 Å². The van der Waals surface area contributed by atoms with Gasteiger partial charge in [0, 0.05) is 41.4 Å². The van der Waals surface area contributed by atoms with Gasteiger partial charge in [0.25, 0.3) is 0 Å². The van der Waals surface area contributed by atoms with Crippen LogP contribution in [0.3, 0.4) is 0 Å². The van der Waals surface area contributed by atoms with Crippen molar-refractivity contribution in [3.8, 4) is 11.4 Å². The molecule has 20 heavy (non-hydrogen) atoms. The smallest absolute Gasteiger partial charge is 0.356 e. The second-order valence-electron chi connectivity index (χ2n) is 5.57. The van der Waals surface area contributed by atoms with Gasteiger partial charge in [-0.2, -0.15) is 5.10 Å². The Bertz CT molecular complexity index is 736. The lowest BCUT2D eigenvalue weighted by molar-refractivity contribution is 0.0686. The van der Waals surface area contributed by atoms with Crippen LogP contribution in [0.4, 0.5) is 0 Å². The number of carboxylic acid groups (broad SMARTS) is 1. The van der Waals surface area contributed by atoms with E-state index in [1.807, 2.05) is 20.0 Å². The van der Waals surface area contributed by atoms with E-state index in [1.54, 1.807) is 11.7 Å². The van der Waals surface area contributed by atoms with Crippen LogP contribution in [-0.4, -0.2) is 30.8 Å². The summed E-state index contributed by atoms with van der Waals surface area (Å²) in [6.45, 7) is 4.06. The first-order chi connectivity index (χ1) is 9.31. The van der Waals surface area contributed by atoms with E-state index in [-0.39, 0.29) is 11.1 Å². The third-order valence-electron chi connectivity index (χ3n) is 3.62. The third-order valence-corrected chi connectivity index (χ3v) is 4.14. The van der Waals surface area contributed by atoms with Crippen LogP contribution in [-0.2, 0) is 18.9 Å². The Kier molecular flexibility index (Phi) is 2.86. The van der Waals surface area contributed by atoms with Crippen LogP contribution < -0.4 is 0 Å². The molecule has 2 heterocycles. The molecular formula is C13H13IN4O2. The first kappa shape index (κ1) is 13.5. The molecule has 0 saturated heterocycles. The Balaban J connectivity index is 2.40. The fraction of sp³-hybridized carbons (Fsp3) is 0.385. The number of rotatable bonds is 1. The second kappa shape index (κ2) is 4.24. The zero-order valence-electron chi connectivity index (χ0n) is 11.3. The summed E-state index contributed by atoms with van der Waals surface area (Å²) in [5.74, 6) is -0.998. The average molecular weight is 384 g/mol. The third kappa shape index (κ3) is 1.83. The van der Waals surface area contributed by atoms with E-state index in [0.717, 1.165) is 22.5 Å². The van der Waals surface area contributed by atoms with Crippen molar-refractivity contribution in [1.29, 1.82) is 0 Å². The minimum atomic E-state index is -0.998. The molecule has 3 rings (SSSR count). The number of carboxylic acids is 1. The van der Waals surface area contributed by atoms with Crippen LogP contribution in [0.2, 0.25) is 0 Å². The summed E-state index contributed by atoms with van der Waals surface area (Å²) in [4.78, 5) is 20.2. The van der Waals surface area contributed by atoms with Gasteiger partial charge in [-0.3, -0.25) is 4.68 Å². The topological polar surface area (TPSA) is 80.9 Å². The quantitative estimate of drug-likeness (QED) is 0.601. The summed E-state index contributed by atoms with van der Waals surface area (Å²) in [5, 5.41) is 13.5. The number of fused-ring (bicyclic) bond motifs is 3.